The lowest BCUT2D eigenvalue weighted by Gasteiger charge is -2.24. The molecule has 0 amide bonds. The average molecular weight is 306 g/mol. The summed E-state index contributed by atoms with van der Waals surface area (Å²) < 4.78 is 0. The first kappa shape index (κ1) is 17.2. The van der Waals surface area contributed by atoms with Gasteiger partial charge in [0.1, 0.15) is 0 Å². The SMILES string of the molecule is CC(C)(C)c1ccccc1C(=[N+]=[N-])c1ccccc1C(C)(C)C. The van der Waals surface area contributed by atoms with E-state index < -0.39 is 0 Å². The van der Waals surface area contributed by atoms with Gasteiger partial charge in [-0.15, -0.1) is 0 Å². The third-order valence-electron chi connectivity index (χ3n) is 4.08. The number of hydrogen-bond donors (Lipinski definition) is 0. The van der Waals surface area contributed by atoms with E-state index >= 15 is 0 Å². The van der Waals surface area contributed by atoms with Gasteiger partial charge in [-0.3, -0.25) is 0 Å². The molecule has 0 N–H and O–H groups in total. The Hall–Kier alpha value is -2.18. The van der Waals surface area contributed by atoms with Gasteiger partial charge in [-0.25, -0.2) is 0 Å². The van der Waals surface area contributed by atoms with Gasteiger partial charge in [0.05, 0.1) is 11.1 Å². The van der Waals surface area contributed by atoms with E-state index in [2.05, 4.69) is 58.5 Å². The maximum absolute atomic E-state index is 9.80. The zero-order valence-electron chi connectivity index (χ0n) is 15.0. The van der Waals surface area contributed by atoms with Gasteiger partial charge in [0.25, 0.3) is 0 Å². The number of rotatable bonds is 2. The molecule has 2 nitrogen and oxygen atoms in total. The smallest absolute Gasteiger partial charge is 0.330 e. The maximum atomic E-state index is 9.80. The van der Waals surface area contributed by atoms with Gasteiger partial charge in [-0.1, -0.05) is 77.9 Å². The minimum atomic E-state index is -0.0246. The molecule has 0 heterocycles. The summed E-state index contributed by atoms with van der Waals surface area (Å²) in [7, 11) is 0. The Kier molecular flexibility index (Phi) is 4.58. The van der Waals surface area contributed by atoms with Crippen molar-refractivity contribution < 1.29 is 4.79 Å². The Bertz CT molecular complexity index is 692. The predicted octanol–water partition coefficient (Wildman–Crippen LogP) is 5.35. The lowest BCUT2D eigenvalue weighted by Crippen LogP contribution is -2.22. The van der Waals surface area contributed by atoms with Crippen molar-refractivity contribution in [3.05, 3.63) is 76.3 Å². The van der Waals surface area contributed by atoms with Crippen molar-refractivity contribution in [2.75, 3.05) is 0 Å². The summed E-state index contributed by atoms with van der Waals surface area (Å²) in [5, 5.41) is 0. The fraction of sp³-hybridized carbons (Fsp3) is 0.381. The summed E-state index contributed by atoms with van der Waals surface area (Å²) in [6.07, 6.45) is 0. The van der Waals surface area contributed by atoms with Crippen LogP contribution in [0.5, 0.6) is 0 Å². The van der Waals surface area contributed by atoms with Crippen LogP contribution in [-0.4, -0.2) is 10.5 Å². The molecule has 0 saturated heterocycles. The maximum Gasteiger partial charge on any atom is 0.330 e. The third kappa shape index (κ3) is 3.60. The van der Waals surface area contributed by atoms with Crippen LogP contribution >= 0.6 is 0 Å². The Morgan fingerprint density at radius 3 is 1.35 bits per heavy atom. The van der Waals surface area contributed by atoms with Crippen molar-refractivity contribution >= 4 is 5.71 Å². The molecule has 0 saturated carbocycles. The van der Waals surface area contributed by atoms with Crippen molar-refractivity contribution in [1.29, 1.82) is 0 Å². The molecule has 0 radical (unpaired) electrons. The first-order valence-corrected chi connectivity index (χ1v) is 8.08. The predicted molar refractivity (Wildman–Crippen MR) is 97.1 cm³/mol. The molecular formula is C21H26N2. The van der Waals surface area contributed by atoms with Crippen LogP contribution < -0.4 is 0 Å². The van der Waals surface area contributed by atoms with Crippen LogP contribution in [0.4, 0.5) is 0 Å². The van der Waals surface area contributed by atoms with E-state index in [9.17, 15) is 5.53 Å². The molecule has 0 spiro atoms. The normalized spacial score (nSPS) is 11.9. The van der Waals surface area contributed by atoms with E-state index in [4.69, 9.17) is 0 Å². The topological polar surface area (TPSA) is 36.4 Å². The summed E-state index contributed by atoms with van der Waals surface area (Å²) >= 11 is 0. The zero-order chi connectivity index (χ0) is 17.3. The molecule has 23 heavy (non-hydrogen) atoms. The second-order valence-corrected chi connectivity index (χ2v) is 8.04. The molecule has 2 rings (SSSR count). The van der Waals surface area contributed by atoms with Gasteiger partial charge in [0.2, 0.25) is 0 Å². The summed E-state index contributed by atoms with van der Waals surface area (Å²) in [5.41, 5.74) is 14.7. The molecule has 0 aliphatic rings. The first-order valence-electron chi connectivity index (χ1n) is 8.08. The van der Waals surface area contributed by atoms with Crippen LogP contribution in [0.1, 0.15) is 63.8 Å². The molecule has 0 fully saturated rings. The highest BCUT2D eigenvalue weighted by Gasteiger charge is 2.29. The van der Waals surface area contributed by atoms with Crippen LogP contribution in [-0.2, 0) is 10.8 Å². The highest BCUT2D eigenvalue weighted by atomic mass is 14.9. The average Bonchev–Trinajstić information content (AvgIpc) is 2.47. The summed E-state index contributed by atoms with van der Waals surface area (Å²) in [6.45, 7) is 13.1. The summed E-state index contributed by atoms with van der Waals surface area (Å²) in [6, 6.07) is 16.4. The van der Waals surface area contributed by atoms with E-state index in [1.165, 1.54) is 11.1 Å². The number of nitrogens with zero attached hydrogens (tertiary/aromatic N) is 2. The number of benzene rings is 2. The zero-order valence-corrected chi connectivity index (χ0v) is 15.0. The lowest BCUT2D eigenvalue weighted by molar-refractivity contribution is -0.00304. The Labute approximate surface area is 139 Å². The van der Waals surface area contributed by atoms with Crippen molar-refractivity contribution in [2.45, 2.75) is 52.4 Å². The molecule has 2 aromatic carbocycles. The van der Waals surface area contributed by atoms with E-state index in [1.807, 2.05) is 36.4 Å². The molecule has 0 aliphatic carbocycles. The summed E-state index contributed by atoms with van der Waals surface area (Å²) in [5.74, 6) is 0. The quantitative estimate of drug-likeness (QED) is 0.407. The molecule has 0 atom stereocenters. The van der Waals surface area contributed by atoms with Crippen LogP contribution in [0.25, 0.3) is 5.53 Å². The molecule has 2 aromatic rings. The Morgan fingerprint density at radius 1 is 0.696 bits per heavy atom. The minimum absolute atomic E-state index is 0.0246. The minimum Gasteiger partial charge on any atom is -0.361 e. The van der Waals surface area contributed by atoms with Crippen LogP contribution in [0.3, 0.4) is 0 Å². The number of hydrogen-bond acceptors (Lipinski definition) is 0. The first-order chi connectivity index (χ1) is 10.7. The van der Waals surface area contributed by atoms with Crippen molar-refractivity contribution in [3.8, 4) is 0 Å². The largest absolute Gasteiger partial charge is 0.361 e. The molecular weight excluding hydrogens is 280 g/mol. The van der Waals surface area contributed by atoms with Crippen molar-refractivity contribution in [2.24, 2.45) is 0 Å². The van der Waals surface area contributed by atoms with Gasteiger partial charge < -0.3 is 5.53 Å². The van der Waals surface area contributed by atoms with E-state index in [-0.39, 0.29) is 10.8 Å². The fourth-order valence-electron chi connectivity index (χ4n) is 2.94. The van der Waals surface area contributed by atoms with E-state index in [0.717, 1.165) is 11.1 Å². The molecule has 2 heteroatoms. The van der Waals surface area contributed by atoms with E-state index in [1.54, 1.807) is 0 Å². The van der Waals surface area contributed by atoms with Gasteiger partial charge in [-0.05, 0) is 34.1 Å². The molecule has 0 unspecified atom stereocenters. The Morgan fingerprint density at radius 2 is 1.04 bits per heavy atom. The Balaban J connectivity index is 2.73. The fourth-order valence-corrected chi connectivity index (χ4v) is 2.94. The molecule has 0 bridgehead atoms. The summed E-state index contributed by atoms with van der Waals surface area (Å²) in [4.78, 5) is 3.69. The van der Waals surface area contributed by atoms with Crippen molar-refractivity contribution in [3.63, 3.8) is 0 Å². The lowest BCUT2D eigenvalue weighted by atomic mass is 9.78. The third-order valence-corrected chi connectivity index (χ3v) is 4.08. The highest BCUT2D eigenvalue weighted by molar-refractivity contribution is 6.11. The second-order valence-electron chi connectivity index (χ2n) is 8.04. The molecule has 120 valence electrons. The monoisotopic (exact) mass is 306 g/mol. The van der Waals surface area contributed by atoms with Crippen molar-refractivity contribution in [1.82, 2.24) is 0 Å². The molecule has 0 aliphatic heterocycles. The molecule has 0 aromatic heterocycles. The van der Waals surface area contributed by atoms with Gasteiger partial charge in [-0.2, -0.15) is 4.79 Å². The van der Waals surface area contributed by atoms with Crippen LogP contribution in [0, 0.1) is 0 Å². The van der Waals surface area contributed by atoms with Gasteiger partial charge in [0, 0.05) is 0 Å². The second kappa shape index (κ2) is 6.14. The van der Waals surface area contributed by atoms with E-state index in [0.29, 0.717) is 5.71 Å². The highest BCUT2D eigenvalue weighted by Crippen LogP contribution is 2.31. The van der Waals surface area contributed by atoms with Crippen LogP contribution in [0.2, 0.25) is 0 Å². The van der Waals surface area contributed by atoms with Crippen LogP contribution in [0.15, 0.2) is 48.5 Å². The standard InChI is InChI=1S/C21H26N2/c1-20(2,3)17-13-9-7-11-15(17)19(23-22)16-12-8-10-14-18(16)21(4,5)6/h7-14H,1-6H3. The van der Waals surface area contributed by atoms with Gasteiger partial charge >= 0.3 is 5.71 Å². The van der Waals surface area contributed by atoms with Gasteiger partial charge in [0.15, 0.2) is 0 Å².